The quantitative estimate of drug-likeness (QED) is 0.916. The van der Waals surface area contributed by atoms with Crippen LogP contribution in [-0.4, -0.2) is 19.3 Å². The van der Waals surface area contributed by atoms with Crippen molar-refractivity contribution in [3.63, 3.8) is 0 Å². The third-order valence-electron chi connectivity index (χ3n) is 1.67. The molecular weight excluding hydrogens is 288 g/mol. The summed E-state index contributed by atoms with van der Waals surface area (Å²) in [6.45, 7) is 2.48. The maximum atomic E-state index is 11.1. The van der Waals surface area contributed by atoms with Crippen molar-refractivity contribution in [1.82, 2.24) is 4.31 Å². The van der Waals surface area contributed by atoms with Crippen molar-refractivity contribution < 1.29 is 8.42 Å². The van der Waals surface area contributed by atoms with E-state index in [1.165, 1.54) is 15.6 Å². The summed E-state index contributed by atoms with van der Waals surface area (Å²) in [4.78, 5) is 0.966. The molecule has 0 saturated carbocycles. The molecule has 0 atom stereocenters. The van der Waals surface area contributed by atoms with E-state index in [9.17, 15) is 8.42 Å². The summed E-state index contributed by atoms with van der Waals surface area (Å²) in [6, 6.07) is 3.76. The molecule has 0 aromatic carbocycles. The Bertz CT molecular complexity index is 402. The van der Waals surface area contributed by atoms with Gasteiger partial charge in [0, 0.05) is 18.0 Å². The molecule has 0 unspecified atom stereocenters. The Morgan fingerprint density at radius 1 is 1.57 bits per heavy atom. The fourth-order valence-corrected chi connectivity index (χ4v) is 3.25. The second-order valence-corrected chi connectivity index (χ2v) is 6.77. The zero-order valence-electron chi connectivity index (χ0n) is 7.60. The summed E-state index contributed by atoms with van der Waals surface area (Å²) in [5, 5.41) is 5.04. The number of halogens is 1. The molecule has 1 rings (SSSR count). The Hall–Kier alpha value is 0.0500. The Kier molecular flexibility index (Phi) is 4.08. The normalized spacial score (nSPS) is 12.3. The zero-order valence-corrected chi connectivity index (χ0v) is 10.8. The van der Waals surface area contributed by atoms with Crippen LogP contribution in [0.3, 0.4) is 0 Å². The predicted octanol–water partition coefficient (Wildman–Crippen LogP) is 1.54. The van der Waals surface area contributed by atoms with Crippen molar-refractivity contribution in [2.75, 3.05) is 6.54 Å². The minimum absolute atomic E-state index is 0.339. The average molecular weight is 299 g/mol. The van der Waals surface area contributed by atoms with Gasteiger partial charge in [-0.25, -0.2) is 5.14 Å². The molecule has 80 valence electrons. The first kappa shape index (κ1) is 12.1. The molecule has 1 aromatic heterocycles. The van der Waals surface area contributed by atoms with Crippen LogP contribution in [0.1, 0.15) is 11.8 Å². The summed E-state index contributed by atoms with van der Waals surface area (Å²) >= 11 is 4.82. The lowest BCUT2D eigenvalue weighted by atomic mass is 10.4. The molecule has 0 radical (unpaired) electrons. The molecule has 2 N–H and O–H groups in total. The summed E-state index contributed by atoms with van der Waals surface area (Å²) in [5.74, 6) is 0. The highest BCUT2D eigenvalue weighted by Crippen LogP contribution is 2.23. The highest BCUT2D eigenvalue weighted by atomic mass is 79.9. The lowest BCUT2D eigenvalue weighted by molar-refractivity contribution is 0.427. The molecule has 0 fully saturated rings. The first-order chi connectivity index (χ1) is 6.43. The standard InChI is InChI=1S/C7H11BrN2O2S2/c1-2-10(14(9,11)12)5-6-3-4-7(8)13-6/h3-4H,2,5H2,1H3,(H2,9,11,12). The molecule has 1 aromatic rings. The Morgan fingerprint density at radius 2 is 2.21 bits per heavy atom. The second-order valence-electron chi connectivity index (χ2n) is 2.68. The van der Waals surface area contributed by atoms with Crippen LogP contribution in [0, 0.1) is 0 Å². The van der Waals surface area contributed by atoms with Crippen LogP contribution in [0.2, 0.25) is 0 Å². The van der Waals surface area contributed by atoms with Gasteiger partial charge < -0.3 is 0 Å². The van der Waals surface area contributed by atoms with Gasteiger partial charge in [0.25, 0.3) is 10.2 Å². The van der Waals surface area contributed by atoms with Gasteiger partial charge in [0.15, 0.2) is 0 Å². The molecular formula is C7H11BrN2O2S2. The smallest absolute Gasteiger partial charge is 0.216 e. The third kappa shape index (κ3) is 3.32. The number of nitrogens with zero attached hydrogens (tertiary/aromatic N) is 1. The minimum Gasteiger partial charge on any atom is -0.216 e. The van der Waals surface area contributed by atoms with E-state index < -0.39 is 10.2 Å². The fraction of sp³-hybridized carbons (Fsp3) is 0.429. The molecule has 0 spiro atoms. The van der Waals surface area contributed by atoms with Gasteiger partial charge in [-0.15, -0.1) is 11.3 Å². The maximum Gasteiger partial charge on any atom is 0.277 e. The van der Waals surface area contributed by atoms with Crippen LogP contribution in [0.15, 0.2) is 15.9 Å². The van der Waals surface area contributed by atoms with Gasteiger partial charge in [-0.1, -0.05) is 6.92 Å². The molecule has 0 amide bonds. The van der Waals surface area contributed by atoms with Crippen LogP contribution in [-0.2, 0) is 16.8 Å². The zero-order chi connectivity index (χ0) is 10.8. The van der Waals surface area contributed by atoms with E-state index in [2.05, 4.69) is 15.9 Å². The predicted molar refractivity (Wildman–Crippen MR) is 61.2 cm³/mol. The Morgan fingerprint density at radius 3 is 2.57 bits per heavy atom. The van der Waals surface area contributed by atoms with Crippen LogP contribution < -0.4 is 5.14 Å². The molecule has 1 heterocycles. The van der Waals surface area contributed by atoms with Gasteiger partial charge in [0.05, 0.1) is 3.79 Å². The van der Waals surface area contributed by atoms with Gasteiger partial charge in [-0.3, -0.25) is 0 Å². The van der Waals surface area contributed by atoms with E-state index in [1.54, 1.807) is 6.92 Å². The molecule has 0 aliphatic rings. The second kappa shape index (κ2) is 4.71. The monoisotopic (exact) mass is 298 g/mol. The largest absolute Gasteiger partial charge is 0.277 e. The lowest BCUT2D eigenvalue weighted by Gasteiger charge is -2.15. The number of rotatable bonds is 4. The van der Waals surface area contributed by atoms with Gasteiger partial charge in [0.2, 0.25) is 0 Å². The highest BCUT2D eigenvalue weighted by molar-refractivity contribution is 9.11. The van der Waals surface area contributed by atoms with Crippen molar-refractivity contribution in [2.45, 2.75) is 13.5 Å². The summed E-state index contributed by atoms with van der Waals surface area (Å²) in [6.07, 6.45) is 0. The van der Waals surface area contributed by atoms with E-state index >= 15 is 0 Å². The van der Waals surface area contributed by atoms with Crippen LogP contribution >= 0.6 is 27.3 Å². The number of nitrogens with two attached hydrogens (primary N) is 1. The third-order valence-corrected chi connectivity index (χ3v) is 4.39. The SMILES string of the molecule is CCN(Cc1ccc(Br)s1)S(N)(=O)=O. The van der Waals surface area contributed by atoms with Gasteiger partial charge in [-0.2, -0.15) is 12.7 Å². The fourth-order valence-electron chi connectivity index (χ4n) is 0.992. The molecule has 4 nitrogen and oxygen atoms in total. The van der Waals surface area contributed by atoms with Crippen LogP contribution in [0.5, 0.6) is 0 Å². The molecule has 0 saturated heterocycles. The van der Waals surface area contributed by atoms with Gasteiger partial charge in [0.1, 0.15) is 0 Å². The Balaban J connectivity index is 2.76. The molecule has 0 aliphatic heterocycles. The maximum absolute atomic E-state index is 11.1. The Labute approximate surface area is 96.0 Å². The van der Waals surface area contributed by atoms with Crippen LogP contribution in [0.4, 0.5) is 0 Å². The van der Waals surface area contributed by atoms with Crippen molar-refractivity contribution in [3.05, 3.63) is 20.8 Å². The molecule has 7 heteroatoms. The molecule has 14 heavy (non-hydrogen) atoms. The van der Waals surface area contributed by atoms with Crippen molar-refractivity contribution in [2.24, 2.45) is 5.14 Å². The number of hydrogen-bond donors (Lipinski definition) is 1. The van der Waals surface area contributed by atoms with E-state index in [0.717, 1.165) is 8.66 Å². The summed E-state index contributed by atoms with van der Waals surface area (Å²) < 4.78 is 24.4. The molecule has 0 bridgehead atoms. The minimum atomic E-state index is -3.58. The summed E-state index contributed by atoms with van der Waals surface area (Å²) in [5.41, 5.74) is 0. The first-order valence-corrected chi connectivity index (χ1v) is 7.07. The first-order valence-electron chi connectivity index (χ1n) is 3.95. The van der Waals surface area contributed by atoms with E-state index in [1.807, 2.05) is 12.1 Å². The van der Waals surface area contributed by atoms with Gasteiger partial charge in [-0.05, 0) is 28.1 Å². The van der Waals surface area contributed by atoms with Crippen molar-refractivity contribution in [3.8, 4) is 0 Å². The number of hydrogen-bond acceptors (Lipinski definition) is 3. The topological polar surface area (TPSA) is 63.4 Å². The van der Waals surface area contributed by atoms with E-state index in [4.69, 9.17) is 5.14 Å². The van der Waals surface area contributed by atoms with E-state index in [0.29, 0.717) is 13.1 Å². The lowest BCUT2D eigenvalue weighted by Crippen LogP contribution is -2.35. The van der Waals surface area contributed by atoms with E-state index in [-0.39, 0.29) is 0 Å². The highest BCUT2D eigenvalue weighted by Gasteiger charge is 2.15. The van der Waals surface area contributed by atoms with Crippen molar-refractivity contribution >= 4 is 37.5 Å². The average Bonchev–Trinajstić information content (AvgIpc) is 2.45. The van der Waals surface area contributed by atoms with Gasteiger partial charge >= 0.3 is 0 Å². The van der Waals surface area contributed by atoms with Crippen molar-refractivity contribution in [1.29, 1.82) is 0 Å². The van der Waals surface area contributed by atoms with Crippen LogP contribution in [0.25, 0.3) is 0 Å². The number of thiophene rings is 1. The summed E-state index contributed by atoms with van der Waals surface area (Å²) in [7, 11) is -3.58. The molecule has 0 aliphatic carbocycles.